The zero-order chi connectivity index (χ0) is 23.4. The van der Waals surface area contributed by atoms with Crippen LogP contribution in [-0.2, 0) is 6.18 Å². The molecule has 6 nitrogen and oxygen atoms in total. The average Bonchev–Trinajstić information content (AvgIpc) is 3.21. The molecule has 3 heterocycles. The average molecular weight is 458 g/mol. The topological polar surface area (TPSA) is 63.1 Å². The van der Waals surface area contributed by atoms with Gasteiger partial charge in [-0.25, -0.2) is 4.68 Å². The zero-order valence-corrected chi connectivity index (χ0v) is 18.3. The van der Waals surface area contributed by atoms with E-state index in [1.165, 1.54) is 22.5 Å². The van der Waals surface area contributed by atoms with E-state index in [2.05, 4.69) is 20.3 Å². The van der Waals surface area contributed by atoms with Crippen LogP contribution in [0.3, 0.4) is 0 Å². The molecule has 0 saturated carbocycles. The van der Waals surface area contributed by atoms with E-state index >= 15 is 0 Å². The summed E-state index contributed by atoms with van der Waals surface area (Å²) >= 11 is 0. The molecule has 9 heteroatoms. The van der Waals surface area contributed by atoms with Gasteiger partial charge < -0.3 is 10.2 Å². The van der Waals surface area contributed by atoms with E-state index in [9.17, 15) is 18.0 Å². The number of piperidine rings is 1. The number of hydrogen-bond acceptors (Lipinski definition) is 4. The molecule has 1 saturated heterocycles. The number of nitrogens with zero attached hydrogens (tertiary/aromatic N) is 4. The molecule has 0 unspecified atom stereocenters. The predicted molar refractivity (Wildman–Crippen MR) is 119 cm³/mol. The van der Waals surface area contributed by atoms with Crippen molar-refractivity contribution in [3.8, 4) is 5.69 Å². The highest BCUT2D eigenvalue weighted by atomic mass is 19.4. The number of rotatable bonds is 6. The van der Waals surface area contributed by atoms with Crippen molar-refractivity contribution in [3.63, 3.8) is 0 Å². The van der Waals surface area contributed by atoms with Crippen molar-refractivity contribution in [1.82, 2.24) is 20.1 Å². The molecule has 1 aliphatic rings. The van der Waals surface area contributed by atoms with Gasteiger partial charge in [0.25, 0.3) is 5.91 Å². The van der Waals surface area contributed by atoms with Crippen LogP contribution in [-0.4, -0.2) is 40.3 Å². The maximum absolute atomic E-state index is 13.0. The highest BCUT2D eigenvalue weighted by Gasteiger charge is 2.30. The summed E-state index contributed by atoms with van der Waals surface area (Å²) < 4.78 is 40.4. The maximum Gasteiger partial charge on any atom is 0.416 e. The second-order valence-corrected chi connectivity index (χ2v) is 8.31. The molecule has 0 bridgehead atoms. The smallest absolute Gasteiger partial charge is 0.371 e. The molecule has 174 valence electrons. The lowest BCUT2D eigenvalue weighted by Gasteiger charge is -2.33. The number of halogens is 3. The molecule has 1 N–H and O–H groups in total. The van der Waals surface area contributed by atoms with Crippen LogP contribution in [0.5, 0.6) is 0 Å². The molecule has 1 aromatic carbocycles. The van der Waals surface area contributed by atoms with Crippen LogP contribution < -0.4 is 10.2 Å². The van der Waals surface area contributed by atoms with Gasteiger partial charge in [-0.15, -0.1) is 0 Å². The van der Waals surface area contributed by atoms with Gasteiger partial charge in [0.1, 0.15) is 0 Å². The Bertz CT molecular complexity index is 1090. The number of benzene rings is 1. The Labute approximate surface area is 190 Å². The lowest BCUT2D eigenvalue weighted by molar-refractivity contribution is -0.137. The summed E-state index contributed by atoms with van der Waals surface area (Å²) in [5.41, 5.74) is 1.47. The van der Waals surface area contributed by atoms with Gasteiger partial charge in [-0.2, -0.15) is 18.3 Å². The van der Waals surface area contributed by atoms with Gasteiger partial charge in [-0.05, 0) is 68.5 Å². The number of aromatic nitrogens is 3. The molecule has 0 aliphatic carbocycles. The minimum absolute atomic E-state index is 0.192. The number of hydrogen-bond donors (Lipinski definition) is 1. The lowest BCUT2D eigenvalue weighted by atomic mass is 9.93. The Kier molecular flexibility index (Phi) is 6.67. The minimum Gasteiger partial charge on any atom is -0.371 e. The van der Waals surface area contributed by atoms with Crippen LogP contribution in [0.2, 0.25) is 0 Å². The van der Waals surface area contributed by atoms with Crippen molar-refractivity contribution in [3.05, 3.63) is 71.8 Å². The molecule has 0 atom stereocenters. The monoisotopic (exact) mass is 457 g/mol. The molecule has 1 fully saturated rings. The number of aryl methyl sites for hydroxylation is 1. The summed E-state index contributed by atoms with van der Waals surface area (Å²) in [6.45, 7) is 4.20. The number of carbonyl (C=O) groups is 1. The number of alkyl halides is 3. The number of carbonyl (C=O) groups excluding carboxylic acids is 1. The van der Waals surface area contributed by atoms with Crippen LogP contribution in [0.1, 0.15) is 41.0 Å². The second-order valence-electron chi connectivity index (χ2n) is 8.31. The standard InChI is InChI=1S/C24H26F3N5O/c1-17-15-22(30-32(17)21-4-2-3-19(16-21)24(25,26)27)23(33)29-12-5-18-8-13-31(14-9-18)20-6-10-28-11-7-20/h2-4,6-7,10-11,15-16,18H,5,8-9,12-14H2,1H3,(H,29,33). The molecule has 2 aromatic heterocycles. The minimum atomic E-state index is -4.44. The fraction of sp³-hybridized carbons (Fsp3) is 0.375. The first-order chi connectivity index (χ1) is 15.8. The van der Waals surface area contributed by atoms with E-state index in [1.807, 2.05) is 12.1 Å². The number of nitrogens with one attached hydrogen (secondary N) is 1. The van der Waals surface area contributed by atoms with Crippen molar-refractivity contribution >= 4 is 11.6 Å². The van der Waals surface area contributed by atoms with Crippen molar-refractivity contribution in [2.24, 2.45) is 5.92 Å². The SMILES string of the molecule is Cc1cc(C(=O)NCCC2CCN(c3ccncc3)CC2)nn1-c1cccc(C(F)(F)F)c1. The number of amides is 1. The molecular weight excluding hydrogens is 431 g/mol. The summed E-state index contributed by atoms with van der Waals surface area (Å²) in [4.78, 5) is 19.0. The summed E-state index contributed by atoms with van der Waals surface area (Å²) in [5, 5.41) is 7.14. The Morgan fingerprint density at radius 1 is 1.09 bits per heavy atom. The quantitative estimate of drug-likeness (QED) is 0.586. The van der Waals surface area contributed by atoms with Crippen LogP contribution in [0.4, 0.5) is 18.9 Å². The third-order valence-corrected chi connectivity index (χ3v) is 6.02. The Morgan fingerprint density at radius 3 is 2.52 bits per heavy atom. The van der Waals surface area contributed by atoms with Gasteiger partial charge >= 0.3 is 6.18 Å². The largest absolute Gasteiger partial charge is 0.416 e. The molecular formula is C24H26F3N5O. The molecule has 33 heavy (non-hydrogen) atoms. The van der Waals surface area contributed by atoms with E-state index in [0.717, 1.165) is 44.5 Å². The summed E-state index contributed by atoms with van der Waals surface area (Å²) in [7, 11) is 0. The third kappa shape index (κ3) is 5.53. The molecule has 1 amide bonds. The lowest BCUT2D eigenvalue weighted by Crippen LogP contribution is -2.35. The van der Waals surface area contributed by atoms with E-state index < -0.39 is 11.7 Å². The van der Waals surface area contributed by atoms with Crippen molar-refractivity contribution in [2.45, 2.75) is 32.4 Å². The summed E-state index contributed by atoms with van der Waals surface area (Å²) in [6.07, 6.45) is 2.15. The Balaban J connectivity index is 1.30. The van der Waals surface area contributed by atoms with Crippen molar-refractivity contribution in [2.75, 3.05) is 24.5 Å². The first kappa shape index (κ1) is 22.8. The number of pyridine rings is 1. The highest BCUT2D eigenvalue weighted by Crippen LogP contribution is 2.30. The summed E-state index contributed by atoms with van der Waals surface area (Å²) in [5.74, 6) is 0.214. The first-order valence-corrected chi connectivity index (χ1v) is 11.0. The maximum atomic E-state index is 13.0. The fourth-order valence-electron chi connectivity index (χ4n) is 4.18. The van der Waals surface area contributed by atoms with Crippen molar-refractivity contribution in [1.29, 1.82) is 0 Å². The third-order valence-electron chi connectivity index (χ3n) is 6.02. The highest BCUT2D eigenvalue weighted by molar-refractivity contribution is 5.92. The van der Waals surface area contributed by atoms with Crippen LogP contribution >= 0.6 is 0 Å². The molecule has 0 radical (unpaired) electrons. The number of anilines is 1. The van der Waals surface area contributed by atoms with Gasteiger partial charge in [0.15, 0.2) is 5.69 Å². The van der Waals surface area contributed by atoms with Gasteiger partial charge in [0, 0.05) is 43.4 Å². The Morgan fingerprint density at radius 2 is 1.82 bits per heavy atom. The second kappa shape index (κ2) is 9.64. The molecule has 1 aliphatic heterocycles. The predicted octanol–water partition coefficient (Wildman–Crippen LogP) is 4.63. The first-order valence-electron chi connectivity index (χ1n) is 11.0. The van der Waals surface area contributed by atoms with Crippen LogP contribution in [0.25, 0.3) is 5.69 Å². The molecule has 3 aromatic rings. The van der Waals surface area contributed by atoms with Crippen LogP contribution in [0.15, 0.2) is 54.9 Å². The molecule has 0 spiro atoms. The fourth-order valence-corrected chi connectivity index (χ4v) is 4.18. The van der Waals surface area contributed by atoms with Crippen molar-refractivity contribution < 1.29 is 18.0 Å². The zero-order valence-electron chi connectivity index (χ0n) is 18.3. The van der Waals surface area contributed by atoms with Gasteiger partial charge in [-0.3, -0.25) is 9.78 Å². The van der Waals surface area contributed by atoms with Gasteiger partial charge in [0.2, 0.25) is 0 Å². The van der Waals surface area contributed by atoms with Gasteiger partial charge in [0.05, 0.1) is 11.3 Å². The van der Waals surface area contributed by atoms with E-state index in [0.29, 0.717) is 18.2 Å². The van der Waals surface area contributed by atoms with E-state index in [1.54, 1.807) is 25.4 Å². The van der Waals surface area contributed by atoms with Crippen LogP contribution in [0, 0.1) is 12.8 Å². The Hall–Kier alpha value is -3.36. The van der Waals surface area contributed by atoms with E-state index in [-0.39, 0.29) is 17.3 Å². The normalized spacial score (nSPS) is 15.0. The van der Waals surface area contributed by atoms with Gasteiger partial charge in [-0.1, -0.05) is 6.07 Å². The van der Waals surface area contributed by atoms with E-state index in [4.69, 9.17) is 0 Å². The molecule has 4 rings (SSSR count). The summed E-state index contributed by atoms with van der Waals surface area (Å²) in [6, 6.07) is 10.5.